The van der Waals surface area contributed by atoms with Gasteiger partial charge in [0.15, 0.2) is 0 Å². The molecule has 7 heteroatoms. The van der Waals surface area contributed by atoms with Gasteiger partial charge in [0, 0.05) is 23.2 Å². The molecule has 0 aliphatic carbocycles. The van der Waals surface area contributed by atoms with Crippen molar-refractivity contribution in [1.82, 2.24) is 9.38 Å². The van der Waals surface area contributed by atoms with Crippen molar-refractivity contribution in [3.05, 3.63) is 75.5 Å². The van der Waals surface area contributed by atoms with Crippen LogP contribution in [0.15, 0.2) is 51.8 Å². The Labute approximate surface area is 166 Å². The second-order valence-corrected chi connectivity index (χ2v) is 6.74. The molecule has 0 fully saturated rings. The van der Waals surface area contributed by atoms with Crippen LogP contribution < -0.4 is 10.3 Å². The molecule has 0 aliphatic heterocycles. The summed E-state index contributed by atoms with van der Waals surface area (Å²) in [6.45, 7) is 6.02. The van der Waals surface area contributed by atoms with Gasteiger partial charge in [-0.3, -0.25) is 9.20 Å². The number of pyridine rings is 1. The summed E-state index contributed by atoms with van der Waals surface area (Å²) < 4.78 is 18.0. The number of hydrogen-bond donors (Lipinski definition) is 0. The van der Waals surface area contributed by atoms with E-state index in [1.165, 1.54) is 10.5 Å². The Bertz CT molecular complexity index is 1290. The van der Waals surface area contributed by atoms with Crippen LogP contribution in [-0.4, -0.2) is 22.0 Å². The summed E-state index contributed by atoms with van der Waals surface area (Å²) in [5, 5.41) is 0.792. The summed E-state index contributed by atoms with van der Waals surface area (Å²) in [5.74, 6) is 0.226. The van der Waals surface area contributed by atoms with Crippen LogP contribution in [0.25, 0.3) is 16.6 Å². The minimum atomic E-state index is -0.609. The van der Waals surface area contributed by atoms with E-state index in [0.717, 1.165) is 10.9 Å². The first-order valence-corrected chi connectivity index (χ1v) is 9.28. The molecule has 4 aromatic rings. The van der Waals surface area contributed by atoms with Crippen LogP contribution in [0.4, 0.5) is 0 Å². The van der Waals surface area contributed by atoms with Gasteiger partial charge in [0.1, 0.15) is 23.6 Å². The van der Waals surface area contributed by atoms with Gasteiger partial charge in [-0.2, -0.15) is 0 Å². The molecule has 0 atom stereocenters. The van der Waals surface area contributed by atoms with Crippen molar-refractivity contribution in [2.75, 3.05) is 6.61 Å². The van der Waals surface area contributed by atoms with E-state index in [1.54, 1.807) is 31.3 Å². The molecule has 0 amide bonds. The van der Waals surface area contributed by atoms with E-state index in [9.17, 15) is 9.59 Å². The third-order valence-corrected chi connectivity index (χ3v) is 4.62. The van der Waals surface area contributed by atoms with E-state index in [4.69, 9.17) is 13.9 Å². The number of furan rings is 1. The highest BCUT2D eigenvalue weighted by Gasteiger charge is 2.20. The summed E-state index contributed by atoms with van der Waals surface area (Å²) in [4.78, 5) is 29.2. The lowest BCUT2D eigenvalue weighted by molar-refractivity contribution is 0.0432. The normalized spacial score (nSPS) is 11.1. The number of esters is 1. The maximum Gasteiger partial charge on any atom is 0.374 e. The fourth-order valence-corrected chi connectivity index (χ4v) is 3.19. The Morgan fingerprint density at radius 1 is 1.17 bits per heavy atom. The van der Waals surface area contributed by atoms with E-state index in [2.05, 4.69) is 4.98 Å². The number of hydrogen-bond acceptors (Lipinski definition) is 6. The number of carbonyl (C=O) groups excluding carboxylic acids is 1. The fraction of sp³-hybridized carbons (Fsp3) is 0.227. The van der Waals surface area contributed by atoms with Crippen LogP contribution in [0.1, 0.15) is 34.3 Å². The van der Waals surface area contributed by atoms with Gasteiger partial charge in [-0.05, 0) is 50.6 Å². The average molecular weight is 392 g/mol. The topological polar surface area (TPSA) is 83.0 Å². The number of aromatic nitrogens is 2. The second kappa shape index (κ2) is 7.43. The minimum Gasteiger partial charge on any atom is -0.494 e. The molecule has 1 aromatic carbocycles. The molecular formula is C22H20N2O5. The Hall–Kier alpha value is -3.61. The molecular weight excluding hydrogens is 372 g/mol. The van der Waals surface area contributed by atoms with Gasteiger partial charge in [0.25, 0.3) is 5.56 Å². The standard InChI is InChI=1S/C22H20N2O5/c1-4-27-16-6-7-18-17(10-16)14(3)21(29-18)22(26)28-12-15-9-20(25)24-11-13(2)5-8-19(24)23-15/h5-11H,4,12H2,1-3H3. The molecule has 0 bridgehead atoms. The largest absolute Gasteiger partial charge is 0.494 e. The van der Waals surface area contributed by atoms with Gasteiger partial charge in [-0.15, -0.1) is 0 Å². The van der Waals surface area contributed by atoms with Crippen molar-refractivity contribution in [3.8, 4) is 5.75 Å². The molecule has 29 heavy (non-hydrogen) atoms. The van der Waals surface area contributed by atoms with Gasteiger partial charge in [0.2, 0.25) is 5.76 Å². The number of ether oxygens (including phenoxy) is 2. The Kier molecular flexibility index (Phi) is 4.80. The highest BCUT2D eigenvalue weighted by molar-refractivity contribution is 5.96. The molecule has 0 saturated carbocycles. The number of nitrogens with zero attached hydrogens (tertiary/aromatic N) is 2. The first kappa shape index (κ1) is 18.7. The van der Waals surface area contributed by atoms with Crippen molar-refractivity contribution >= 4 is 22.6 Å². The van der Waals surface area contributed by atoms with E-state index < -0.39 is 5.97 Å². The number of aryl methyl sites for hydroxylation is 2. The summed E-state index contributed by atoms with van der Waals surface area (Å²) >= 11 is 0. The molecule has 4 rings (SSSR count). The van der Waals surface area contributed by atoms with Crippen molar-refractivity contribution in [2.45, 2.75) is 27.4 Å². The molecule has 0 radical (unpaired) electrons. The van der Waals surface area contributed by atoms with Crippen molar-refractivity contribution in [2.24, 2.45) is 0 Å². The lowest BCUT2D eigenvalue weighted by Crippen LogP contribution is -2.17. The van der Waals surface area contributed by atoms with E-state index in [0.29, 0.717) is 34.8 Å². The summed E-state index contributed by atoms with van der Waals surface area (Å²) in [6.07, 6.45) is 1.72. The molecule has 0 N–H and O–H groups in total. The van der Waals surface area contributed by atoms with Crippen LogP contribution in [0.5, 0.6) is 5.75 Å². The smallest absolute Gasteiger partial charge is 0.374 e. The van der Waals surface area contributed by atoms with Gasteiger partial charge < -0.3 is 13.9 Å². The van der Waals surface area contributed by atoms with Crippen molar-refractivity contribution in [3.63, 3.8) is 0 Å². The first-order chi connectivity index (χ1) is 14.0. The Balaban J connectivity index is 1.57. The molecule has 3 aromatic heterocycles. The van der Waals surface area contributed by atoms with Crippen LogP contribution >= 0.6 is 0 Å². The molecule has 7 nitrogen and oxygen atoms in total. The second-order valence-electron chi connectivity index (χ2n) is 6.74. The number of fused-ring (bicyclic) bond motifs is 2. The molecule has 3 heterocycles. The van der Waals surface area contributed by atoms with Gasteiger partial charge >= 0.3 is 5.97 Å². The van der Waals surface area contributed by atoms with Crippen LogP contribution in [0.3, 0.4) is 0 Å². The van der Waals surface area contributed by atoms with E-state index in [-0.39, 0.29) is 17.9 Å². The van der Waals surface area contributed by atoms with Crippen LogP contribution in [0, 0.1) is 13.8 Å². The molecule has 0 saturated heterocycles. The summed E-state index contributed by atoms with van der Waals surface area (Å²) in [5.41, 5.74) is 2.85. The third kappa shape index (κ3) is 3.59. The molecule has 0 spiro atoms. The maximum atomic E-state index is 12.6. The zero-order chi connectivity index (χ0) is 20.5. The zero-order valence-corrected chi connectivity index (χ0v) is 16.4. The monoisotopic (exact) mass is 392 g/mol. The SMILES string of the molecule is CCOc1ccc2oc(C(=O)OCc3cc(=O)n4cc(C)ccc4n3)c(C)c2c1. The predicted molar refractivity (Wildman–Crippen MR) is 107 cm³/mol. The van der Waals surface area contributed by atoms with Gasteiger partial charge in [-0.1, -0.05) is 6.07 Å². The van der Waals surface area contributed by atoms with Crippen LogP contribution in [-0.2, 0) is 11.3 Å². The maximum absolute atomic E-state index is 12.6. The Morgan fingerprint density at radius 3 is 2.79 bits per heavy atom. The minimum absolute atomic E-state index is 0.126. The fourth-order valence-electron chi connectivity index (χ4n) is 3.19. The first-order valence-electron chi connectivity index (χ1n) is 9.28. The highest BCUT2D eigenvalue weighted by Crippen LogP contribution is 2.29. The zero-order valence-electron chi connectivity index (χ0n) is 16.4. The summed E-state index contributed by atoms with van der Waals surface area (Å²) in [6, 6.07) is 10.4. The third-order valence-electron chi connectivity index (χ3n) is 4.62. The lowest BCUT2D eigenvalue weighted by Gasteiger charge is -2.06. The number of carbonyl (C=O) groups is 1. The predicted octanol–water partition coefficient (Wildman–Crippen LogP) is 3.81. The Morgan fingerprint density at radius 2 is 2.00 bits per heavy atom. The van der Waals surface area contributed by atoms with E-state index in [1.807, 2.05) is 26.0 Å². The van der Waals surface area contributed by atoms with Crippen LogP contribution in [0.2, 0.25) is 0 Å². The number of rotatable bonds is 5. The van der Waals surface area contributed by atoms with E-state index >= 15 is 0 Å². The summed E-state index contributed by atoms with van der Waals surface area (Å²) in [7, 11) is 0. The molecule has 0 aliphatic rings. The van der Waals surface area contributed by atoms with Gasteiger partial charge in [-0.25, -0.2) is 9.78 Å². The van der Waals surface area contributed by atoms with Crippen molar-refractivity contribution < 1.29 is 18.7 Å². The lowest BCUT2D eigenvalue weighted by atomic mass is 10.1. The quantitative estimate of drug-likeness (QED) is 0.480. The van der Waals surface area contributed by atoms with Crippen molar-refractivity contribution in [1.29, 1.82) is 0 Å². The molecule has 0 unspecified atom stereocenters. The molecule has 148 valence electrons. The number of benzene rings is 1. The van der Waals surface area contributed by atoms with Gasteiger partial charge in [0.05, 0.1) is 12.3 Å². The highest BCUT2D eigenvalue weighted by atomic mass is 16.5. The average Bonchev–Trinajstić information content (AvgIpc) is 3.03.